The summed E-state index contributed by atoms with van der Waals surface area (Å²) in [5, 5.41) is 3.96. The molecular formula is C25H39N3O. The van der Waals surface area contributed by atoms with Crippen LogP contribution in [0.25, 0.3) is 5.57 Å². The van der Waals surface area contributed by atoms with Gasteiger partial charge in [-0.15, -0.1) is 0 Å². The Morgan fingerprint density at radius 1 is 1.10 bits per heavy atom. The van der Waals surface area contributed by atoms with Crippen LogP contribution in [-0.2, 0) is 10.3 Å². The van der Waals surface area contributed by atoms with E-state index in [1.165, 1.54) is 49.1 Å². The molecule has 0 saturated carbocycles. The van der Waals surface area contributed by atoms with E-state index in [2.05, 4.69) is 48.3 Å². The molecule has 3 aliphatic rings. The lowest BCUT2D eigenvalue weighted by atomic mass is 9.75. The van der Waals surface area contributed by atoms with Crippen molar-refractivity contribution in [2.75, 3.05) is 45.1 Å². The van der Waals surface area contributed by atoms with Crippen LogP contribution in [0.5, 0.6) is 0 Å². The summed E-state index contributed by atoms with van der Waals surface area (Å²) < 4.78 is 5.73. The fourth-order valence-electron chi connectivity index (χ4n) is 5.20. The summed E-state index contributed by atoms with van der Waals surface area (Å²) >= 11 is 0. The van der Waals surface area contributed by atoms with Crippen LogP contribution in [0.3, 0.4) is 0 Å². The standard InChI is InChI=1S/C25H39N3O/c1-24(2)9-7-20(8-10-24)22-19-21(5-6-23(22)26)25(11-17-29-18-12-25)27-13-16-28-14-3-4-15-28/h5-7,19,27H,3-4,8-18,26H2,1-2H3. The molecule has 0 bridgehead atoms. The maximum atomic E-state index is 6.45. The van der Waals surface area contributed by atoms with E-state index in [1.807, 2.05) is 0 Å². The van der Waals surface area contributed by atoms with E-state index in [1.54, 1.807) is 0 Å². The van der Waals surface area contributed by atoms with Crippen molar-refractivity contribution < 1.29 is 4.74 Å². The summed E-state index contributed by atoms with van der Waals surface area (Å²) in [5.41, 5.74) is 11.9. The second kappa shape index (κ2) is 8.79. The van der Waals surface area contributed by atoms with Crippen molar-refractivity contribution in [2.45, 2.75) is 64.3 Å². The Balaban J connectivity index is 1.55. The first-order valence-electron chi connectivity index (χ1n) is 11.6. The number of hydrogen-bond acceptors (Lipinski definition) is 4. The predicted molar refractivity (Wildman–Crippen MR) is 122 cm³/mol. The molecule has 4 heteroatoms. The summed E-state index contributed by atoms with van der Waals surface area (Å²) in [4.78, 5) is 2.59. The number of nitrogen functional groups attached to an aromatic ring is 1. The van der Waals surface area contributed by atoms with Gasteiger partial charge in [-0.2, -0.15) is 0 Å². The summed E-state index contributed by atoms with van der Waals surface area (Å²) in [6.45, 7) is 11.1. The molecular weight excluding hydrogens is 358 g/mol. The van der Waals surface area contributed by atoms with Gasteiger partial charge in [0.1, 0.15) is 0 Å². The molecule has 2 heterocycles. The lowest BCUT2D eigenvalue weighted by molar-refractivity contribution is 0.0358. The van der Waals surface area contributed by atoms with Gasteiger partial charge < -0.3 is 20.7 Å². The monoisotopic (exact) mass is 397 g/mol. The van der Waals surface area contributed by atoms with Gasteiger partial charge in [0.2, 0.25) is 0 Å². The summed E-state index contributed by atoms with van der Waals surface area (Å²) in [7, 11) is 0. The molecule has 29 heavy (non-hydrogen) atoms. The molecule has 160 valence electrons. The Labute approximate surface area is 176 Å². The van der Waals surface area contributed by atoms with E-state index in [9.17, 15) is 0 Å². The smallest absolute Gasteiger partial charge is 0.0486 e. The highest BCUT2D eigenvalue weighted by Gasteiger charge is 2.35. The van der Waals surface area contributed by atoms with Gasteiger partial charge in [0.25, 0.3) is 0 Å². The van der Waals surface area contributed by atoms with Crippen molar-refractivity contribution in [1.29, 1.82) is 0 Å². The third-order valence-corrected chi connectivity index (χ3v) is 7.36. The van der Waals surface area contributed by atoms with Gasteiger partial charge in [0.05, 0.1) is 0 Å². The minimum atomic E-state index is 0.00885. The highest BCUT2D eigenvalue weighted by Crippen LogP contribution is 2.41. The molecule has 1 aliphatic carbocycles. The zero-order valence-electron chi connectivity index (χ0n) is 18.4. The number of ether oxygens (including phenoxy) is 1. The molecule has 2 saturated heterocycles. The van der Waals surface area contributed by atoms with E-state index < -0.39 is 0 Å². The number of anilines is 1. The van der Waals surface area contributed by atoms with Crippen LogP contribution in [0.15, 0.2) is 24.3 Å². The van der Waals surface area contributed by atoms with Gasteiger partial charge in [0.15, 0.2) is 0 Å². The van der Waals surface area contributed by atoms with Crippen molar-refractivity contribution >= 4 is 11.3 Å². The predicted octanol–water partition coefficient (Wildman–Crippen LogP) is 4.55. The SMILES string of the molecule is CC1(C)CC=C(c2cc(C3(NCCN4CCCC4)CCOCC3)ccc2N)CC1. The first kappa shape index (κ1) is 20.9. The molecule has 1 aromatic carbocycles. The minimum Gasteiger partial charge on any atom is -0.398 e. The molecule has 3 N–H and O–H groups in total. The van der Waals surface area contributed by atoms with Crippen LogP contribution in [0, 0.1) is 5.41 Å². The molecule has 0 unspecified atom stereocenters. The van der Waals surface area contributed by atoms with Crippen molar-refractivity contribution in [3.63, 3.8) is 0 Å². The number of allylic oxidation sites excluding steroid dienone is 2. The number of benzene rings is 1. The van der Waals surface area contributed by atoms with Crippen LogP contribution < -0.4 is 11.1 Å². The fourth-order valence-corrected chi connectivity index (χ4v) is 5.20. The Morgan fingerprint density at radius 2 is 1.86 bits per heavy atom. The first-order chi connectivity index (χ1) is 14.0. The van der Waals surface area contributed by atoms with Gasteiger partial charge in [-0.25, -0.2) is 0 Å². The number of nitrogens with one attached hydrogen (secondary N) is 1. The Hall–Kier alpha value is -1.36. The average Bonchev–Trinajstić information content (AvgIpc) is 3.23. The Kier molecular flexibility index (Phi) is 6.33. The van der Waals surface area contributed by atoms with E-state index in [-0.39, 0.29) is 5.54 Å². The molecule has 0 aromatic heterocycles. The van der Waals surface area contributed by atoms with Crippen molar-refractivity contribution in [1.82, 2.24) is 10.2 Å². The molecule has 1 aromatic rings. The molecule has 4 nitrogen and oxygen atoms in total. The highest BCUT2D eigenvalue weighted by atomic mass is 16.5. The zero-order chi connectivity index (χ0) is 20.3. The maximum Gasteiger partial charge on any atom is 0.0486 e. The highest BCUT2D eigenvalue weighted by molar-refractivity contribution is 5.76. The normalized spacial score (nSPS) is 24.4. The number of hydrogen-bond donors (Lipinski definition) is 2. The van der Waals surface area contributed by atoms with Gasteiger partial charge >= 0.3 is 0 Å². The number of likely N-dealkylation sites (tertiary alicyclic amines) is 1. The number of rotatable bonds is 6. The molecule has 2 fully saturated rings. The lowest BCUT2D eigenvalue weighted by Crippen LogP contribution is -2.49. The Bertz CT molecular complexity index is 728. The molecule has 4 rings (SSSR count). The van der Waals surface area contributed by atoms with Gasteiger partial charge in [0, 0.05) is 43.1 Å². The van der Waals surface area contributed by atoms with Crippen LogP contribution in [-0.4, -0.2) is 44.3 Å². The van der Waals surface area contributed by atoms with Crippen molar-refractivity contribution in [2.24, 2.45) is 5.41 Å². The van der Waals surface area contributed by atoms with E-state index in [4.69, 9.17) is 10.5 Å². The maximum absolute atomic E-state index is 6.45. The molecule has 0 radical (unpaired) electrons. The second-order valence-electron chi connectivity index (χ2n) is 10.1. The van der Waals surface area contributed by atoms with Gasteiger partial charge in [-0.05, 0) is 86.7 Å². The van der Waals surface area contributed by atoms with Crippen LogP contribution in [0.1, 0.15) is 69.9 Å². The summed E-state index contributed by atoms with van der Waals surface area (Å²) in [5.74, 6) is 0. The van der Waals surface area contributed by atoms with Crippen LogP contribution in [0.4, 0.5) is 5.69 Å². The quantitative estimate of drug-likeness (QED) is 0.691. The van der Waals surface area contributed by atoms with Crippen molar-refractivity contribution in [3.05, 3.63) is 35.4 Å². The van der Waals surface area contributed by atoms with E-state index >= 15 is 0 Å². The molecule has 0 atom stereocenters. The largest absolute Gasteiger partial charge is 0.398 e. The molecule has 2 aliphatic heterocycles. The third-order valence-electron chi connectivity index (χ3n) is 7.36. The fraction of sp³-hybridized carbons (Fsp3) is 0.680. The molecule has 0 amide bonds. The van der Waals surface area contributed by atoms with Gasteiger partial charge in [-0.1, -0.05) is 26.0 Å². The lowest BCUT2D eigenvalue weighted by Gasteiger charge is -2.40. The van der Waals surface area contributed by atoms with E-state index in [0.717, 1.165) is 57.7 Å². The van der Waals surface area contributed by atoms with E-state index in [0.29, 0.717) is 5.41 Å². The van der Waals surface area contributed by atoms with Crippen molar-refractivity contribution in [3.8, 4) is 0 Å². The van der Waals surface area contributed by atoms with Crippen LogP contribution in [0.2, 0.25) is 0 Å². The van der Waals surface area contributed by atoms with Crippen LogP contribution >= 0.6 is 0 Å². The number of nitrogens with zero attached hydrogens (tertiary/aromatic N) is 1. The van der Waals surface area contributed by atoms with Gasteiger partial charge in [-0.3, -0.25) is 0 Å². The third kappa shape index (κ3) is 4.87. The number of nitrogens with two attached hydrogens (primary N) is 1. The summed E-state index contributed by atoms with van der Waals surface area (Å²) in [6.07, 6.45) is 10.7. The zero-order valence-corrected chi connectivity index (χ0v) is 18.4. The topological polar surface area (TPSA) is 50.5 Å². The minimum absolute atomic E-state index is 0.00885. The second-order valence-corrected chi connectivity index (χ2v) is 10.1. The average molecular weight is 398 g/mol. The molecule has 0 spiro atoms. The first-order valence-corrected chi connectivity index (χ1v) is 11.6. The summed E-state index contributed by atoms with van der Waals surface area (Å²) in [6, 6.07) is 6.76. The Morgan fingerprint density at radius 3 is 2.55 bits per heavy atom.